The van der Waals surface area contributed by atoms with Crippen molar-refractivity contribution in [1.82, 2.24) is 5.32 Å². The molecular formula is C17H19NO3S. The third-order valence-electron chi connectivity index (χ3n) is 4.25. The quantitative estimate of drug-likeness (QED) is 0.946. The van der Waals surface area contributed by atoms with Crippen molar-refractivity contribution < 1.29 is 13.2 Å². The first-order valence-corrected chi connectivity index (χ1v) is 9.27. The van der Waals surface area contributed by atoms with E-state index in [4.69, 9.17) is 0 Å². The fourth-order valence-electron chi connectivity index (χ4n) is 3.04. The summed E-state index contributed by atoms with van der Waals surface area (Å²) in [7, 11) is -3.04. The second-order valence-corrected chi connectivity index (χ2v) is 8.13. The average molecular weight is 317 g/mol. The Bertz CT molecular complexity index is 808. The molecule has 1 fully saturated rings. The Hall–Kier alpha value is -1.88. The summed E-state index contributed by atoms with van der Waals surface area (Å²) >= 11 is 0. The van der Waals surface area contributed by atoms with E-state index < -0.39 is 15.8 Å². The molecule has 4 nitrogen and oxygen atoms in total. The van der Waals surface area contributed by atoms with Crippen LogP contribution < -0.4 is 5.32 Å². The van der Waals surface area contributed by atoms with Crippen molar-refractivity contribution >= 4 is 26.5 Å². The summed E-state index contributed by atoms with van der Waals surface area (Å²) in [6, 6.07) is 13.9. The van der Waals surface area contributed by atoms with Crippen LogP contribution in [0, 0.1) is 5.92 Å². The van der Waals surface area contributed by atoms with Crippen LogP contribution in [0.25, 0.3) is 10.8 Å². The van der Waals surface area contributed by atoms with Gasteiger partial charge in [0, 0.05) is 0 Å². The maximum atomic E-state index is 12.3. The van der Waals surface area contributed by atoms with Crippen LogP contribution in [0.3, 0.4) is 0 Å². The third-order valence-corrected chi connectivity index (χ3v) is 6.02. The Balaban J connectivity index is 1.79. The van der Waals surface area contributed by atoms with E-state index in [0.717, 1.165) is 16.3 Å². The van der Waals surface area contributed by atoms with Gasteiger partial charge in [0.05, 0.1) is 23.5 Å². The first-order valence-electron chi connectivity index (χ1n) is 7.45. The van der Waals surface area contributed by atoms with Crippen LogP contribution in [-0.4, -0.2) is 25.8 Å². The molecule has 0 aromatic heterocycles. The Morgan fingerprint density at radius 2 is 1.91 bits per heavy atom. The van der Waals surface area contributed by atoms with Gasteiger partial charge in [-0.25, -0.2) is 8.42 Å². The van der Waals surface area contributed by atoms with Gasteiger partial charge in [0.15, 0.2) is 9.84 Å². The number of carbonyl (C=O) groups is 1. The van der Waals surface area contributed by atoms with Crippen molar-refractivity contribution in [3.63, 3.8) is 0 Å². The highest BCUT2D eigenvalue weighted by Gasteiger charge is 2.33. The van der Waals surface area contributed by atoms with Crippen molar-refractivity contribution in [3.05, 3.63) is 48.0 Å². The molecule has 2 atom stereocenters. The van der Waals surface area contributed by atoms with Crippen molar-refractivity contribution in [2.24, 2.45) is 5.92 Å². The second-order valence-electron chi connectivity index (χ2n) is 5.90. The highest BCUT2D eigenvalue weighted by Crippen LogP contribution is 2.25. The molecule has 1 heterocycles. The Kier molecular flexibility index (Phi) is 3.91. The highest BCUT2D eigenvalue weighted by atomic mass is 32.2. The van der Waals surface area contributed by atoms with E-state index in [9.17, 15) is 13.2 Å². The lowest BCUT2D eigenvalue weighted by atomic mass is 9.99. The SMILES string of the molecule is CC(NC(=O)C1CCS(=O)(=O)C1)c1cccc2ccccc12. The van der Waals surface area contributed by atoms with Crippen molar-refractivity contribution in [2.45, 2.75) is 19.4 Å². The summed E-state index contributed by atoms with van der Waals surface area (Å²) in [5.41, 5.74) is 1.05. The number of rotatable bonds is 3. The topological polar surface area (TPSA) is 63.2 Å². The zero-order chi connectivity index (χ0) is 15.7. The van der Waals surface area contributed by atoms with Crippen LogP contribution in [0.4, 0.5) is 0 Å². The largest absolute Gasteiger partial charge is 0.349 e. The molecule has 2 aromatic rings. The van der Waals surface area contributed by atoms with Gasteiger partial charge in [0.1, 0.15) is 0 Å². The predicted molar refractivity (Wildman–Crippen MR) is 87.3 cm³/mol. The smallest absolute Gasteiger partial charge is 0.224 e. The van der Waals surface area contributed by atoms with Crippen LogP contribution in [0.15, 0.2) is 42.5 Å². The third kappa shape index (κ3) is 2.99. The fraction of sp³-hybridized carbons (Fsp3) is 0.353. The fourth-order valence-corrected chi connectivity index (χ4v) is 4.78. The van der Waals surface area contributed by atoms with E-state index in [1.807, 2.05) is 49.4 Å². The molecule has 1 aliphatic heterocycles. The van der Waals surface area contributed by atoms with Crippen molar-refractivity contribution in [2.75, 3.05) is 11.5 Å². The van der Waals surface area contributed by atoms with Gasteiger partial charge in [-0.1, -0.05) is 42.5 Å². The standard InChI is InChI=1S/C17H19NO3S/c1-12(18-17(19)14-9-10-22(20,21)11-14)15-8-4-6-13-5-2-3-7-16(13)15/h2-8,12,14H,9-11H2,1H3,(H,18,19). The summed E-state index contributed by atoms with van der Waals surface area (Å²) in [4.78, 5) is 12.3. The van der Waals surface area contributed by atoms with Crippen molar-refractivity contribution in [3.8, 4) is 0 Å². The van der Waals surface area contributed by atoms with E-state index in [-0.39, 0.29) is 23.5 Å². The first-order chi connectivity index (χ1) is 10.5. The van der Waals surface area contributed by atoms with Gasteiger partial charge in [0.25, 0.3) is 0 Å². The number of sulfone groups is 1. The zero-order valence-corrected chi connectivity index (χ0v) is 13.3. The first kappa shape index (κ1) is 15.0. The molecule has 0 aliphatic carbocycles. The number of nitrogens with one attached hydrogen (secondary N) is 1. The molecular weight excluding hydrogens is 298 g/mol. The van der Waals surface area contributed by atoms with Crippen molar-refractivity contribution in [1.29, 1.82) is 0 Å². The Labute approximate surface area is 130 Å². The number of fused-ring (bicyclic) bond motifs is 1. The minimum atomic E-state index is -3.04. The van der Waals surface area contributed by atoms with Gasteiger partial charge in [-0.2, -0.15) is 0 Å². The lowest BCUT2D eigenvalue weighted by Gasteiger charge is -2.18. The summed E-state index contributed by atoms with van der Waals surface area (Å²) in [5.74, 6) is -0.488. The minimum absolute atomic E-state index is 0.0267. The van der Waals surface area contributed by atoms with E-state index >= 15 is 0 Å². The molecule has 0 bridgehead atoms. The van der Waals surface area contributed by atoms with Gasteiger partial charge in [-0.15, -0.1) is 0 Å². The van der Waals surface area contributed by atoms with Gasteiger partial charge in [-0.05, 0) is 29.7 Å². The Morgan fingerprint density at radius 1 is 1.18 bits per heavy atom. The molecule has 22 heavy (non-hydrogen) atoms. The van der Waals surface area contributed by atoms with Gasteiger partial charge >= 0.3 is 0 Å². The lowest BCUT2D eigenvalue weighted by Crippen LogP contribution is -2.33. The Morgan fingerprint density at radius 3 is 2.64 bits per heavy atom. The van der Waals surface area contributed by atoms with Gasteiger partial charge in [0.2, 0.25) is 5.91 Å². The van der Waals surface area contributed by atoms with Crippen LogP contribution in [0.1, 0.15) is 24.9 Å². The molecule has 5 heteroatoms. The molecule has 0 spiro atoms. The number of hydrogen-bond donors (Lipinski definition) is 1. The monoisotopic (exact) mass is 317 g/mol. The molecule has 0 radical (unpaired) electrons. The summed E-state index contributed by atoms with van der Waals surface area (Å²) in [6.45, 7) is 1.93. The summed E-state index contributed by atoms with van der Waals surface area (Å²) in [6.07, 6.45) is 0.427. The highest BCUT2D eigenvalue weighted by molar-refractivity contribution is 7.91. The summed E-state index contributed by atoms with van der Waals surface area (Å²) < 4.78 is 23.0. The van der Waals surface area contributed by atoms with E-state index in [1.54, 1.807) is 0 Å². The van der Waals surface area contributed by atoms with Gasteiger partial charge in [-0.3, -0.25) is 4.79 Å². The second kappa shape index (κ2) is 5.72. The van der Waals surface area contributed by atoms with Crippen LogP contribution in [0.2, 0.25) is 0 Å². The zero-order valence-electron chi connectivity index (χ0n) is 12.5. The number of amides is 1. The molecule has 1 saturated heterocycles. The van der Waals surface area contributed by atoms with Crippen LogP contribution in [0.5, 0.6) is 0 Å². The average Bonchev–Trinajstić information content (AvgIpc) is 2.87. The molecule has 2 unspecified atom stereocenters. The molecule has 0 saturated carbocycles. The lowest BCUT2D eigenvalue weighted by molar-refractivity contribution is -0.124. The number of carbonyl (C=O) groups excluding carboxylic acids is 1. The molecule has 2 aromatic carbocycles. The van der Waals surface area contributed by atoms with Gasteiger partial charge < -0.3 is 5.32 Å². The maximum absolute atomic E-state index is 12.3. The van der Waals surface area contributed by atoms with E-state index in [0.29, 0.717) is 6.42 Å². The van der Waals surface area contributed by atoms with Crippen LogP contribution >= 0.6 is 0 Å². The van der Waals surface area contributed by atoms with E-state index in [1.165, 1.54) is 0 Å². The normalized spacial score (nSPS) is 21.6. The van der Waals surface area contributed by atoms with Crippen LogP contribution in [-0.2, 0) is 14.6 Å². The maximum Gasteiger partial charge on any atom is 0.224 e. The number of hydrogen-bond acceptors (Lipinski definition) is 3. The number of benzene rings is 2. The van der Waals surface area contributed by atoms with E-state index in [2.05, 4.69) is 5.32 Å². The minimum Gasteiger partial charge on any atom is -0.349 e. The molecule has 1 aliphatic rings. The molecule has 1 N–H and O–H groups in total. The molecule has 116 valence electrons. The molecule has 3 rings (SSSR count). The predicted octanol–water partition coefficient (Wildman–Crippen LogP) is 2.45. The summed E-state index contributed by atoms with van der Waals surface area (Å²) in [5, 5.41) is 5.20. The molecule has 1 amide bonds.